The molecule has 0 spiro atoms. The SMILES string of the molecule is Cc1cc(Oc2c(C)cccc2C(=O)O)nc(C)n1. The van der Waals surface area contributed by atoms with Crippen molar-refractivity contribution in [2.24, 2.45) is 0 Å². The second-order valence-corrected chi connectivity index (χ2v) is 4.25. The van der Waals surface area contributed by atoms with Gasteiger partial charge in [-0.25, -0.2) is 9.78 Å². The summed E-state index contributed by atoms with van der Waals surface area (Å²) in [6, 6.07) is 6.65. The van der Waals surface area contributed by atoms with Gasteiger partial charge in [-0.05, 0) is 32.4 Å². The van der Waals surface area contributed by atoms with Gasteiger partial charge in [0.05, 0.1) is 0 Å². The highest BCUT2D eigenvalue weighted by molar-refractivity contribution is 5.91. The lowest BCUT2D eigenvalue weighted by Gasteiger charge is -2.11. The van der Waals surface area contributed by atoms with E-state index in [0.29, 0.717) is 17.5 Å². The van der Waals surface area contributed by atoms with E-state index in [0.717, 1.165) is 11.3 Å². The molecule has 2 aromatic rings. The molecule has 1 aromatic heterocycles. The van der Waals surface area contributed by atoms with Crippen LogP contribution in [0.1, 0.15) is 27.4 Å². The largest absolute Gasteiger partial charge is 0.478 e. The molecule has 0 atom stereocenters. The third kappa shape index (κ3) is 2.88. The standard InChI is InChI=1S/C14H14N2O3/c1-8-5-4-6-11(14(17)18)13(8)19-12-7-9(2)15-10(3)16-12/h4-7H,1-3H3,(H,17,18). The minimum Gasteiger partial charge on any atom is -0.478 e. The maximum Gasteiger partial charge on any atom is 0.339 e. The maximum atomic E-state index is 11.2. The van der Waals surface area contributed by atoms with Crippen molar-refractivity contribution in [3.63, 3.8) is 0 Å². The molecule has 1 N–H and O–H groups in total. The summed E-state index contributed by atoms with van der Waals surface area (Å²) >= 11 is 0. The molecule has 0 fully saturated rings. The Labute approximate surface area is 110 Å². The van der Waals surface area contributed by atoms with E-state index in [1.54, 1.807) is 32.0 Å². The van der Waals surface area contributed by atoms with Crippen molar-refractivity contribution in [1.82, 2.24) is 9.97 Å². The first-order chi connectivity index (χ1) is 8.97. The molecule has 0 amide bonds. The Morgan fingerprint density at radius 3 is 2.58 bits per heavy atom. The Kier molecular flexibility index (Phi) is 3.46. The molecule has 5 heteroatoms. The van der Waals surface area contributed by atoms with Crippen molar-refractivity contribution in [1.29, 1.82) is 0 Å². The molecule has 1 heterocycles. The molecular weight excluding hydrogens is 244 g/mol. The zero-order chi connectivity index (χ0) is 14.0. The number of carbonyl (C=O) groups is 1. The first-order valence-corrected chi connectivity index (χ1v) is 5.80. The lowest BCUT2D eigenvalue weighted by Crippen LogP contribution is -2.03. The number of nitrogens with zero attached hydrogens (tertiary/aromatic N) is 2. The van der Waals surface area contributed by atoms with E-state index in [-0.39, 0.29) is 5.56 Å². The van der Waals surface area contributed by atoms with Crippen molar-refractivity contribution in [2.75, 3.05) is 0 Å². The summed E-state index contributed by atoms with van der Waals surface area (Å²) in [4.78, 5) is 19.5. The third-order valence-electron chi connectivity index (χ3n) is 2.59. The number of ether oxygens (including phenoxy) is 1. The predicted octanol–water partition coefficient (Wildman–Crippen LogP) is 2.89. The summed E-state index contributed by atoms with van der Waals surface area (Å²) in [5, 5.41) is 9.16. The molecule has 2 rings (SSSR count). The van der Waals surface area contributed by atoms with E-state index < -0.39 is 5.97 Å². The maximum absolute atomic E-state index is 11.2. The fourth-order valence-corrected chi connectivity index (χ4v) is 1.80. The third-order valence-corrected chi connectivity index (χ3v) is 2.59. The van der Waals surface area contributed by atoms with Gasteiger partial charge in [-0.15, -0.1) is 0 Å². The molecule has 19 heavy (non-hydrogen) atoms. The topological polar surface area (TPSA) is 72.3 Å². The van der Waals surface area contributed by atoms with Gasteiger partial charge < -0.3 is 9.84 Å². The van der Waals surface area contributed by atoms with E-state index in [1.807, 2.05) is 6.92 Å². The molecule has 0 aliphatic carbocycles. The molecule has 0 unspecified atom stereocenters. The van der Waals surface area contributed by atoms with Gasteiger partial charge in [-0.3, -0.25) is 0 Å². The van der Waals surface area contributed by atoms with E-state index in [2.05, 4.69) is 9.97 Å². The fraction of sp³-hybridized carbons (Fsp3) is 0.214. The van der Waals surface area contributed by atoms with Crippen LogP contribution in [0.4, 0.5) is 0 Å². The first kappa shape index (κ1) is 13.0. The summed E-state index contributed by atoms with van der Waals surface area (Å²) in [6.45, 7) is 5.38. The summed E-state index contributed by atoms with van der Waals surface area (Å²) in [7, 11) is 0. The average molecular weight is 258 g/mol. The zero-order valence-electron chi connectivity index (χ0n) is 11.0. The Morgan fingerprint density at radius 2 is 1.95 bits per heavy atom. The summed E-state index contributed by atoms with van der Waals surface area (Å²) in [5.41, 5.74) is 1.63. The number of aromatic nitrogens is 2. The zero-order valence-corrected chi connectivity index (χ0v) is 11.0. The van der Waals surface area contributed by atoms with Crippen LogP contribution in [0.5, 0.6) is 11.6 Å². The fourth-order valence-electron chi connectivity index (χ4n) is 1.80. The molecule has 1 aromatic carbocycles. The molecule has 0 saturated carbocycles. The van der Waals surface area contributed by atoms with Gasteiger partial charge in [-0.2, -0.15) is 4.98 Å². The minimum absolute atomic E-state index is 0.119. The van der Waals surface area contributed by atoms with Crippen LogP contribution >= 0.6 is 0 Å². The number of carboxylic acids is 1. The van der Waals surface area contributed by atoms with Crippen molar-refractivity contribution in [3.8, 4) is 11.6 Å². The van der Waals surface area contributed by atoms with Crippen LogP contribution < -0.4 is 4.74 Å². The number of carboxylic acid groups (broad SMARTS) is 1. The number of para-hydroxylation sites is 1. The van der Waals surface area contributed by atoms with Crippen LogP contribution in [0.25, 0.3) is 0 Å². The summed E-state index contributed by atoms with van der Waals surface area (Å²) < 4.78 is 5.63. The van der Waals surface area contributed by atoms with Gasteiger partial charge in [0.1, 0.15) is 17.1 Å². The highest BCUT2D eigenvalue weighted by Crippen LogP contribution is 2.28. The molecule has 0 radical (unpaired) electrons. The van der Waals surface area contributed by atoms with Crippen molar-refractivity contribution < 1.29 is 14.6 Å². The Hall–Kier alpha value is -2.43. The lowest BCUT2D eigenvalue weighted by atomic mass is 10.1. The van der Waals surface area contributed by atoms with Gasteiger partial charge >= 0.3 is 5.97 Å². The van der Waals surface area contributed by atoms with Crippen LogP contribution in [0.15, 0.2) is 24.3 Å². The summed E-state index contributed by atoms with van der Waals surface area (Å²) in [6.07, 6.45) is 0. The van der Waals surface area contributed by atoms with Crippen molar-refractivity contribution >= 4 is 5.97 Å². The Balaban J connectivity index is 2.45. The van der Waals surface area contributed by atoms with E-state index >= 15 is 0 Å². The number of benzene rings is 1. The van der Waals surface area contributed by atoms with Crippen LogP contribution in [-0.2, 0) is 0 Å². The van der Waals surface area contributed by atoms with E-state index in [4.69, 9.17) is 9.84 Å². The van der Waals surface area contributed by atoms with Gasteiger partial charge in [-0.1, -0.05) is 12.1 Å². The average Bonchev–Trinajstić information content (AvgIpc) is 2.30. The van der Waals surface area contributed by atoms with Gasteiger partial charge in [0, 0.05) is 11.8 Å². The number of rotatable bonds is 3. The molecule has 0 aliphatic rings. The number of aromatic carboxylic acids is 1. The van der Waals surface area contributed by atoms with Gasteiger partial charge in [0.25, 0.3) is 0 Å². The number of hydrogen-bond donors (Lipinski definition) is 1. The van der Waals surface area contributed by atoms with Crippen LogP contribution in [0.3, 0.4) is 0 Å². The molecule has 0 aliphatic heterocycles. The van der Waals surface area contributed by atoms with Crippen LogP contribution in [-0.4, -0.2) is 21.0 Å². The molecule has 0 saturated heterocycles. The van der Waals surface area contributed by atoms with E-state index in [9.17, 15) is 4.79 Å². The highest BCUT2D eigenvalue weighted by atomic mass is 16.5. The molecule has 98 valence electrons. The minimum atomic E-state index is -1.03. The lowest BCUT2D eigenvalue weighted by molar-refractivity contribution is 0.0694. The number of hydrogen-bond acceptors (Lipinski definition) is 4. The Morgan fingerprint density at radius 1 is 1.21 bits per heavy atom. The quantitative estimate of drug-likeness (QED) is 0.916. The Bertz CT molecular complexity index is 618. The molecule has 5 nitrogen and oxygen atoms in total. The predicted molar refractivity (Wildman–Crippen MR) is 69.7 cm³/mol. The second-order valence-electron chi connectivity index (χ2n) is 4.25. The van der Waals surface area contributed by atoms with Gasteiger partial charge in [0.2, 0.25) is 5.88 Å². The van der Waals surface area contributed by atoms with Crippen molar-refractivity contribution in [2.45, 2.75) is 20.8 Å². The molecular formula is C14H14N2O3. The van der Waals surface area contributed by atoms with E-state index in [1.165, 1.54) is 6.07 Å². The normalized spacial score (nSPS) is 10.3. The van der Waals surface area contributed by atoms with Crippen LogP contribution in [0.2, 0.25) is 0 Å². The highest BCUT2D eigenvalue weighted by Gasteiger charge is 2.15. The van der Waals surface area contributed by atoms with Crippen LogP contribution in [0, 0.1) is 20.8 Å². The molecule has 0 bridgehead atoms. The smallest absolute Gasteiger partial charge is 0.339 e. The monoisotopic (exact) mass is 258 g/mol. The van der Waals surface area contributed by atoms with Crippen molar-refractivity contribution in [3.05, 3.63) is 46.9 Å². The summed E-state index contributed by atoms with van der Waals surface area (Å²) in [5.74, 6) is 0.218. The second kappa shape index (κ2) is 5.06. The van der Waals surface area contributed by atoms with Gasteiger partial charge in [0.15, 0.2) is 0 Å². The number of aryl methyl sites for hydroxylation is 3. The first-order valence-electron chi connectivity index (χ1n) is 5.80.